The van der Waals surface area contributed by atoms with Crippen molar-refractivity contribution in [3.63, 3.8) is 0 Å². The van der Waals surface area contributed by atoms with E-state index in [-0.39, 0.29) is 24.1 Å². The third-order valence-corrected chi connectivity index (χ3v) is 4.97. The summed E-state index contributed by atoms with van der Waals surface area (Å²) in [4.78, 5) is 17.9. The maximum atomic E-state index is 12.9. The molecule has 0 saturated heterocycles. The molecule has 128 valence electrons. The quantitative estimate of drug-likeness (QED) is 0.743. The lowest BCUT2D eigenvalue weighted by Crippen LogP contribution is -2.10. The van der Waals surface area contributed by atoms with Crippen molar-refractivity contribution in [1.29, 1.82) is 0 Å². The first-order valence-corrected chi connectivity index (χ1v) is 8.76. The Balaban J connectivity index is 1.36. The number of ether oxygens (including phenoxy) is 1. The van der Waals surface area contributed by atoms with Crippen LogP contribution in [0, 0.1) is 5.82 Å². The van der Waals surface area contributed by atoms with E-state index in [0.29, 0.717) is 16.6 Å². The van der Waals surface area contributed by atoms with E-state index in [0.717, 1.165) is 25.0 Å². The van der Waals surface area contributed by atoms with Crippen LogP contribution in [0.5, 0.6) is 5.75 Å². The van der Waals surface area contributed by atoms with Crippen LogP contribution in [0.15, 0.2) is 40.8 Å². The molecule has 0 aliphatic heterocycles. The number of aromatic nitrogens is 1. The van der Waals surface area contributed by atoms with Crippen LogP contribution < -0.4 is 10.1 Å². The number of fused-ring (bicyclic) bond motifs is 1. The van der Waals surface area contributed by atoms with Crippen molar-refractivity contribution in [3.8, 4) is 5.75 Å². The molecule has 0 radical (unpaired) electrons. The molecule has 4 rings (SSSR count). The first-order valence-electron chi connectivity index (χ1n) is 7.94. The molecule has 2 aromatic heterocycles. The van der Waals surface area contributed by atoms with E-state index in [4.69, 9.17) is 9.15 Å². The first-order chi connectivity index (χ1) is 12.2. The lowest BCUT2D eigenvalue weighted by molar-refractivity contribution is 0.0992. The van der Waals surface area contributed by atoms with Gasteiger partial charge in [-0.3, -0.25) is 10.1 Å². The predicted octanol–water partition coefficient (Wildman–Crippen LogP) is 4.20. The normalized spacial score (nSPS) is 12.8. The Kier molecular flexibility index (Phi) is 4.23. The maximum absolute atomic E-state index is 12.9. The Morgan fingerprint density at radius 2 is 2.08 bits per heavy atom. The summed E-state index contributed by atoms with van der Waals surface area (Å²) in [5.74, 6) is 0.586. The van der Waals surface area contributed by atoms with Gasteiger partial charge in [0.25, 0.3) is 5.91 Å². The molecule has 0 spiro atoms. The van der Waals surface area contributed by atoms with Gasteiger partial charge < -0.3 is 9.15 Å². The molecule has 1 aliphatic rings. The Hall–Kier alpha value is -2.67. The summed E-state index contributed by atoms with van der Waals surface area (Å²) >= 11 is 1.52. The molecule has 7 heteroatoms. The Labute approximate surface area is 147 Å². The molecule has 2 heterocycles. The number of carbonyl (C=O) groups is 1. The van der Waals surface area contributed by atoms with E-state index in [2.05, 4.69) is 10.3 Å². The Morgan fingerprint density at radius 1 is 1.24 bits per heavy atom. The number of anilines is 1. The van der Waals surface area contributed by atoms with E-state index in [1.54, 1.807) is 12.1 Å². The van der Waals surface area contributed by atoms with Crippen molar-refractivity contribution in [1.82, 2.24) is 4.98 Å². The second-order valence-electron chi connectivity index (χ2n) is 5.71. The van der Waals surface area contributed by atoms with Gasteiger partial charge in [-0.2, -0.15) is 0 Å². The van der Waals surface area contributed by atoms with Crippen molar-refractivity contribution in [2.45, 2.75) is 25.9 Å². The summed E-state index contributed by atoms with van der Waals surface area (Å²) < 4.78 is 23.9. The maximum Gasteiger partial charge on any atom is 0.293 e. The van der Waals surface area contributed by atoms with Gasteiger partial charge in [-0.1, -0.05) is 0 Å². The van der Waals surface area contributed by atoms with Crippen LogP contribution >= 0.6 is 11.3 Å². The number of hydrogen-bond donors (Lipinski definition) is 1. The van der Waals surface area contributed by atoms with Gasteiger partial charge in [0.1, 0.15) is 23.9 Å². The van der Waals surface area contributed by atoms with Crippen LogP contribution in [-0.2, 0) is 19.4 Å². The van der Waals surface area contributed by atoms with E-state index in [9.17, 15) is 9.18 Å². The summed E-state index contributed by atoms with van der Waals surface area (Å²) in [6.07, 6.45) is 3.15. The SMILES string of the molecule is O=C(Nc1nc2c(s1)CCC2)c1ccc(COc2ccc(F)cc2)o1. The number of halogens is 1. The first kappa shape index (κ1) is 15.8. The zero-order valence-corrected chi connectivity index (χ0v) is 14.1. The molecule has 0 unspecified atom stereocenters. The monoisotopic (exact) mass is 358 g/mol. The van der Waals surface area contributed by atoms with Crippen molar-refractivity contribution in [2.24, 2.45) is 0 Å². The van der Waals surface area contributed by atoms with E-state index >= 15 is 0 Å². The fourth-order valence-electron chi connectivity index (χ4n) is 2.67. The van der Waals surface area contributed by atoms with Crippen LogP contribution in [0.4, 0.5) is 9.52 Å². The van der Waals surface area contributed by atoms with Gasteiger partial charge in [-0.05, 0) is 55.7 Å². The number of carbonyl (C=O) groups excluding carboxylic acids is 1. The summed E-state index contributed by atoms with van der Waals surface area (Å²) in [6.45, 7) is 0.157. The number of furan rings is 1. The van der Waals surface area contributed by atoms with Gasteiger partial charge in [-0.25, -0.2) is 9.37 Å². The molecule has 1 aliphatic carbocycles. The minimum absolute atomic E-state index is 0.157. The van der Waals surface area contributed by atoms with Crippen molar-refractivity contribution < 1.29 is 18.3 Å². The van der Waals surface area contributed by atoms with Gasteiger partial charge in [0.15, 0.2) is 10.9 Å². The van der Waals surface area contributed by atoms with Gasteiger partial charge in [0.05, 0.1) is 5.69 Å². The number of benzene rings is 1. The molecule has 0 saturated carbocycles. The number of hydrogen-bond acceptors (Lipinski definition) is 5. The highest BCUT2D eigenvalue weighted by Gasteiger charge is 2.19. The second-order valence-corrected chi connectivity index (χ2v) is 6.79. The average Bonchev–Trinajstić information content (AvgIpc) is 3.30. The molecule has 0 bridgehead atoms. The smallest absolute Gasteiger partial charge is 0.293 e. The molecular formula is C18H15FN2O3S. The molecule has 25 heavy (non-hydrogen) atoms. The minimum atomic E-state index is -0.333. The topological polar surface area (TPSA) is 64.4 Å². The van der Waals surface area contributed by atoms with Gasteiger partial charge in [-0.15, -0.1) is 11.3 Å². The molecule has 5 nitrogen and oxygen atoms in total. The molecule has 1 amide bonds. The van der Waals surface area contributed by atoms with E-state index < -0.39 is 0 Å². The number of rotatable bonds is 5. The molecule has 1 aromatic carbocycles. The zero-order chi connectivity index (χ0) is 17.2. The number of thiazole rings is 1. The Morgan fingerprint density at radius 3 is 2.88 bits per heavy atom. The minimum Gasteiger partial charge on any atom is -0.486 e. The zero-order valence-electron chi connectivity index (χ0n) is 13.3. The highest BCUT2D eigenvalue weighted by molar-refractivity contribution is 7.15. The highest BCUT2D eigenvalue weighted by Crippen LogP contribution is 2.30. The second kappa shape index (κ2) is 6.68. The van der Waals surface area contributed by atoms with Crippen LogP contribution in [0.25, 0.3) is 0 Å². The standard InChI is InChI=1S/C18H15FN2O3S/c19-11-4-6-12(7-5-11)23-10-13-8-9-15(24-13)17(22)21-18-20-14-2-1-3-16(14)25-18/h4-9H,1-3,10H2,(H,20,21,22). The summed E-state index contributed by atoms with van der Waals surface area (Å²) in [6, 6.07) is 8.99. The molecule has 0 atom stereocenters. The van der Waals surface area contributed by atoms with E-state index in [1.807, 2.05) is 0 Å². The lowest BCUT2D eigenvalue weighted by atomic mass is 10.3. The van der Waals surface area contributed by atoms with Crippen molar-refractivity contribution in [2.75, 3.05) is 5.32 Å². The van der Waals surface area contributed by atoms with Crippen molar-refractivity contribution >= 4 is 22.4 Å². The predicted molar refractivity (Wildman–Crippen MR) is 91.5 cm³/mol. The van der Waals surface area contributed by atoms with Crippen LogP contribution in [-0.4, -0.2) is 10.9 Å². The summed E-state index contributed by atoms with van der Waals surface area (Å²) in [7, 11) is 0. The fraction of sp³-hybridized carbons (Fsp3) is 0.222. The fourth-order valence-corrected chi connectivity index (χ4v) is 3.71. The highest BCUT2D eigenvalue weighted by atomic mass is 32.1. The molecule has 3 aromatic rings. The number of nitrogens with zero attached hydrogens (tertiary/aromatic N) is 1. The number of aryl methyl sites for hydroxylation is 2. The summed E-state index contributed by atoms with van der Waals surface area (Å²) in [5, 5.41) is 3.38. The third-order valence-electron chi connectivity index (χ3n) is 3.90. The van der Waals surface area contributed by atoms with E-state index in [1.165, 1.54) is 40.5 Å². The van der Waals surface area contributed by atoms with Crippen LogP contribution in [0.3, 0.4) is 0 Å². The summed E-state index contributed by atoms with van der Waals surface area (Å²) in [5.41, 5.74) is 1.09. The van der Waals surface area contributed by atoms with Gasteiger partial charge in [0.2, 0.25) is 0 Å². The number of amides is 1. The largest absolute Gasteiger partial charge is 0.486 e. The van der Waals surface area contributed by atoms with Crippen molar-refractivity contribution in [3.05, 3.63) is 64.3 Å². The van der Waals surface area contributed by atoms with Crippen LogP contribution in [0.1, 0.15) is 33.3 Å². The molecular weight excluding hydrogens is 343 g/mol. The molecule has 0 fully saturated rings. The molecule has 1 N–H and O–H groups in total. The average molecular weight is 358 g/mol. The third kappa shape index (κ3) is 3.56. The van der Waals surface area contributed by atoms with Gasteiger partial charge >= 0.3 is 0 Å². The lowest BCUT2D eigenvalue weighted by Gasteiger charge is -2.03. The van der Waals surface area contributed by atoms with Gasteiger partial charge in [0, 0.05) is 4.88 Å². The Bertz CT molecular complexity index is 880. The number of nitrogens with one attached hydrogen (secondary N) is 1. The van der Waals surface area contributed by atoms with Crippen LogP contribution in [0.2, 0.25) is 0 Å².